The number of carbonyl (C=O) groups is 1. The van der Waals surface area contributed by atoms with Crippen molar-refractivity contribution in [3.63, 3.8) is 0 Å². The minimum Gasteiger partial charge on any atom is -0.508 e. The highest BCUT2D eigenvalue weighted by Crippen LogP contribution is 2.18. The lowest BCUT2D eigenvalue weighted by Crippen LogP contribution is -2.29. The maximum atomic E-state index is 11.8. The van der Waals surface area contributed by atoms with Crippen molar-refractivity contribution >= 4 is 11.6 Å². The maximum Gasteiger partial charge on any atom is 0.253 e. The van der Waals surface area contributed by atoms with Gasteiger partial charge in [-0.3, -0.25) is 4.79 Å². The average Bonchev–Trinajstić information content (AvgIpc) is 2.29. The lowest BCUT2D eigenvalue weighted by atomic mass is 10.1. The van der Waals surface area contributed by atoms with Crippen molar-refractivity contribution in [3.05, 3.63) is 23.8 Å². The zero-order valence-corrected chi connectivity index (χ0v) is 9.81. The van der Waals surface area contributed by atoms with Gasteiger partial charge >= 0.3 is 0 Å². The molecule has 0 spiro atoms. The first-order valence-corrected chi connectivity index (χ1v) is 5.52. The number of aromatic hydroxyl groups is 1. The number of hydrogen-bond donors (Lipinski definition) is 4. The first-order chi connectivity index (χ1) is 8.04. The minimum absolute atomic E-state index is 0.00718. The number of carbonyl (C=O) groups excluding carboxylic acids is 1. The van der Waals surface area contributed by atoms with Gasteiger partial charge in [-0.1, -0.05) is 6.92 Å². The first-order valence-electron chi connectivity index (χ1n) is 5.52. The van der Waals surface area contributed by atoms with Gasteiger partial charge in [0.2, 0.25) is 0 Å². The SMILES string of the molecule is CC(CCO)CNC(=O)c1cc(O)ccc1N. The molecule has 1 unspecified atom stereocenters. The molecule has 5 N–H and O–H groups in total. The zero-order valence-electron chi connectivity index (χ0n) is 9.81. The van der Waals surface area contributed by atoms with Crippen LogP contribution in [0.4, 0.5) is 5.69 Å². The first kappa shape index (κ1) is 13.3. The standard InChI is InChI=1S/C12H18N2O3/c1-8(4-5-15)7-14-12(17)10-6-9(16)2-3-11(10)13/h2-3,6,8,15-16H,4-5,7,13H2,1H3,(H,14,17). The van der Waals surface area contributed by atoms with Crippen LogP contribution in [0.15, 0.2) is 18.2 Å². The Labute approximate surface area is 100 Å². The number of rotatable bonds is 5. The fraction of sp³-hybridized carbons (Fsp3) is 0.417. The third-order valence-electron chi connectivity index (χ3n) is 2.51. The number of nitrogens with one attached hydrogen (secondary N) is 1. The summed E-state index contributed by atoms with van der Waals surface area (Å²) in [6, 6.07) is 4.25. The Hall–Kier alpha value is -1.75. The van der Waals surface area contributed by atoms with Crippen LogP contribution in [0.1, 0.15) is 23.7 Å². The molecule has 1 atom stereocenters. The number of aliphatic hydroxyl groups excluding tert-OH is 1. The van der Waals surface area contributed by atoms with Gasteiger partial charge < -0.3 is 21.3 Å². The number of anilines is 1. The lowest BCUT2D eigenvalue weighted by Gasteiger charge is -2.12. The van der Waals surface area contributed by atoms with Crippen molar-refractivity contribution in [3.8, 4) is 5.75 Å². The average molecular weight is 238 g/mol. The van der Waals surface area contributed by atoms with Gasteiger partial charge in [-0.05, 0) is 30.5 Å². The number of aliphatic hydroxyl groups is 1. The molecule has 1 aromatic rings. The van der Waals surface area contributed by atoms with E-state index in [1.807, 2.05) is 6.92 Å². The molecule has 5 heteroatoms. The molecule has 1 aromatic carbocycles. The predicted molar refractivity (Wildman–Crippen MR) is 65.7 cm³/mol. The van der Waals surface area contributed by atoms with E-state index in [9.17, 15) is 9.90 Å². The summed E-state index contributed by atoms with van der Waals surface area (Å²) < 4.78 is 0. The molecule has 0 aliphatic heterocycles. The Balaban J connectivity index is 2.61. The Morgan fingerprint density at radius 3 is 2.88 bits per heavy atom. The van der Waals surface area contributed by atoms with Crippen LogP contribution >= 0.6 is 0 Å². The number of benzene rings is 1. The minimum atomic E-state index is -0.316. The summed E-state index contributed by atoms with van der Waals surface area (Å²) >= 11 is 0. The molecular formula is C12H18N2O3. The summed E-state index contributed by atoms with van der Waals surface area (Å²) in [7, 11) is 0. The van der Waals surface area contributed by atoms with E-state index in [2.05, 4.69) is 5.32 Å². The van der Waals surface area contributed by atoms with Gasteiger partial charge in [0.1, 0.15) is 5.75 Å². The second kappa shape index (κ2) is 6.10. The Kier molecular flexibility index (Phi) is 4.78. The van der Waals surface area contributed by atoms with E-state index in [-0.39, 0.29) is 29.7 Å². The van der Waals surface area contributed by atoms with Crippen LogP contribution in [0, 0.1) is 5.92 Å². The van der Waals surface area contributed by atoms with Crippen LogP contribution in [-0.2, 0) is 0 Å². The molecule has 1 amide bonds. The van der Waals surface area contributed by atoms with Crippen molar-refractivity contribution in [2.75, 3.05) is 18.9 Å². The van der Waals surface area contributed by atoms with Crippen molar-refractivity contribution in [2.45, 2.75) is 13.3 Å². The van der Waals surface area contributed by atoms with Crippen LogP contribution in [0.25, 0.3) is 0 Å². The molecule has 1 rings (SSSR count). The molecule has 0 aliphatic rings. The van der Waals surface area contributed by atoms with Crippen molar-refractivity contribution in [2.24, 2.45) is 5.92 Å². The molecular weight excluding hydrogens is 220 g/mol. The highest BCUT2D eigenvalue weighted by Gasteiger charge is 2.11. The number of nitrogen functional groups attached to an aromatic ring is 1. The number of phenolic OH excluding ortho intramolecular Hbond substituents is 1. The Morgan fingerprint density at radius 1 is 1.53 bits per heavy atom. The molecule has 0 fully saturated rings. The number of amides is 1. The highest BCUT2D eigenvalue weighted by atomic mass is 16.3. The third-order valence-corrected chi connectivity index (χ3v) is 2.51. The largest absolute Gasteiger partial charge is 0.508 e. The van der Waals surface area contributed by atoms with Crippen LogP contribution in [0.3, 0.4) is 0 Å². The molecule has 0 radical (unpaired) electrons. The monoisotopic (exact) mass is 238 g/mol. The van der Waals surface area contributed by atoms with Gasteiger partial charge in [-0.15, -0.1) is 0 Å². The van der Waals surface area contributed by atoms with Crippen molar-refractivity contribution in [1.29, 1.82) is 0 Å². The topological polar surface area (TPSA) is 95.6 Å². The van der Waals surface area contributed by atoms with E-state index in [1.54, 1.807) is 0 Å². The van der Waals surface area contributed by atoms with E-state index in [1.165, 1.54) is 18.2 Å². The molecule has 17 heavy (non-hydrogen) atoms. The van der Waals surface area contributed by atoms with Gasteiger partial charge in [0.05, 0.1) is 5.56 Å². The van der Waals surface area contributed by atoms with Crippen molar-refractivity contribution in [1.82, 2.24) is 5.32 Å². The second-order valence-electron chi connectivity index (χ2n) is 4.10. The van der Waals surface area contributed by atoms with Gasteiger partial charge in [0, 0.05) is 18.8 Å². The molecule has 0 bridgehead atoms. The number of nitrogens with two attached hydrogens (primary N) is 1. The number of phenols is 1. The Bertz CT molecular complexity index is 393. The fourth-order valence-electron chi connectivity index (χ4n) is 1.43. The normalized spacial score (nSPS) is 12.1. The van der Waals surface area contributed by atoms with Gasteiger partial charge in [0.25, 0.3) is 5.91 Å². The summed E-state index contributed by atoms with van der Waals surface area (Å²) in [6.07, 6.45) is 0.635. The molecule has 5 nitrogen and oxygen atoms in total. The molecule has 0 heterocycles. The lowest BCUT2D eigenvalue weighted by molar-refractivity contribution is 0.0946. The predicted octanol–water partition coefficient (Wildman–Crippen LogP) is 0.723. The smallest absolute Gasteiger partial charge is 0.253 e. The molecule has 94 valence electrons. The molecule has 0 aromatic heterocycles. The number of hydrogen-bond acceptors (Lipinski definition) is 4. The quantitative estimate of drug-likeness (QED) is 0.449. The summed E-state index contributed by atoms with van der Waals surface area (Å²) in [6.45, 7) is 2.50. The zero-order chi connectivity index (χ0) is 12.8. The van der Waals surface area contributed by atoms with Gasteiger partial charge in [0.15, 0.2) is 0 Å². The van der Waals surface area contributed by atoms with Gasteiger partial charge in [-0.25, -0.2) is 0 Å². The van der Waals surface area contributed by atoms with Crippen LogP contribution in [-0.4, -0.2) is 29.3 Å². The summed E-state index contributed by atoms with van der Waals surface area (Å²) in [4.78, 5) is 11.8. The van der Waals surface area contributed by atoms with E-state index >= 15 is 0 Å². The Morgan fingerprint density at radius 2 is 2.24 bits per heavy atom. The summed E-state index contributed by atoms with van der Waals surface area (Å²) in [5.41, 5.74) is 6.24. The van der Waals surface area contributed by atoms with Crippen LogP contribution in [0.5, 0.6) is 5.75 Å². The van der Waals surface area contributed by atoms with Crippen molar-refractivity contribution < 1.29 is 15.0 Å². The second-order valence-corrected chi connectivity index (χ2v) is 4.10. The fourth-order valence-corrected chi connectivity index (χ4v) is 1.43. The van der Waals surface area contributed by atoms with Gasteiger partial charge in [-0.2, -0.15) is 0 Å². The highest BCUT2D eigenvalue weighted by molar-refractivity contribution is 5.99. The molecule has 0 aliphatic carbocycles. The molecule has 0 saturated heterocycles. The maximum absolute atomic E-state index is 11.8. The van der Waals surface area contributed by atoms with Crippen LogP contribution in [0.2, 0.25) is 0 Å². The molecule has 0 saturated carbocycles. The summed E-state index contributed by atoms with van der Waals surface area (Å²) in [5.74, 6) is -0.113. The van der Waals surface area contributed by atoms with E-state index in [0.717, 1.165) is 0 Å². The van der Waals surface area contributed by atoms with E-state index in [0.29, 0.717) is 18.7 Å². The van der Waals surface area contributed by atoms with E-state index in [4.69, 9.17) is 10.8 Å². The van der Waals surface area contributed by atoms with Crippen LogP contribution < -0.4 is 11.1 Å². The third kappa shape index (κ3) is 3.96. The summed E-state index contributed by atoms with van der Waals surface area (Å²) in [5, 5.41) is 20.7. The van der Waals surface area contributed by atoms with E-state index < -0.39 is 0 Å².